The summed E-state index contributed by atoms with van der Waals surface area (Å²) in [4.78, 5) is 11.1. The van der Waals surface area contributed by atoms with Crippen molar-refractivity contribution >= 4 is 17.4 Å². The summed E-state index contributed by atoms with van der Waals surface area (Å²) in [5, 5.41) is 14.9. The van der Waals surface area contributed by atoms with Gasteiger partial charge in [-0.3, -0.25) is 9.90 Å². The van der Waals surface area contributed by atoms with Gasteiger partial charge in [-0.15, -0.1) is 0 Å². The third kappa shape index (κ3) is 1.94. The molecular weight excluding hydrogens is 176 g/mol. The second-order valence-electron chi connectivity index (χ2n) is 2.29. The maximum absolute atomic E-state index is 11.1. The van der Waals surface area contributed by atoms with Crippen LogP contribution < -0.4 is 5.32 Å². The van der Waals surface area contributed by atoms with Gasteiger partial charge in [0.15, 0.2) is 0 Å². The van der Waals surface area contributed by atoms with Gasteiger partial charge in [0.1, 0.15) is 5.56 Å². The minimum Gasteiger partial charge on any atom is -0.352 e. The third-order valence-corrected chi connectivity index (χ3v) is 1.93. The highest BCUT2D eigenvalue weighted by molar-refractivity contribution is 7.04. The SMILES string of the molecule is CCCNC(=O)c1csnc1[O]. The van der Waals surface area contributed by atoms with Gasteiger partial charge in [-0.2, -0.15) is 4.37 Å². The van der Waals surface area contributed by atoms with Crippen LogP contribution in [0.5, 0.6) is 5.88 Å². The van der Waals surface area contributed by atoms with E-state index in [4.69, 9.17) is 0 Å². The van der Waals surface area contributed by atoms with Crippen LogP contribution >= 0.6 is 11.5 Å². The lowest BCUT2D eigenvalue weighted by molar-refractivity contribution is 0.0949. The second-order valence-corrected chi connectivity index (χ2v) is 2.92. The van der Waals surface area contributed by atoms with Crippen molar-refractivity contribution in [2.45, 2.75) is 13.3 Å². The molecular formula is C7H9N2O2S. The van der Waals surface area contributed by atoms with Crippen molar-refractivity contribution in [1.82, 2.24) is 9.69 Å². The van der Waals surface area contributed by atoms with E-state index in [9.17, 15) is 9.90 Å². The molecule has 0 bridgehead atoms. The summed E-state index contributed by atoms with van der Waals surface area (Å²) in [6.07, 6.45) is 0.859. The minimum absolute atomic E-state index is 0.147. The van der Waals surface area contributed by atoms with Crippen molar-refractivity contribution in [3.05, 3.63) is 10.9 Å². The highest BCUT2D eigenvalue weighted by Crippen LogP contribution is 2.16. The first kappa shape index (κ1) is 8.99. The summed E-state index contributed by atoms with van der Waals surface area (Å²) in [6.45, 7) is 2.54. The number of amides is 1. The molecule has 1 radical (unpaired) electrons. The van der Waals surface area contributed by atoms with E-state index >= 15 is 0 Å². The Labute approximate surface area is 74.4 Å². The maximum atomic E-state index is 11.1. The zero-order valence-corrected chi connectivity index (χ0v) is 7.48. The van der Waals surface area contributed by atoms with Crippen LogP contribution in [0.4, 0.5) is 0 Å². The molecule has 0 spiro atoms. The van der Waals surface area contributed by atoms with Crippen LogP contribution in [0.25, 0.3) is 0 Å². The Balaban J connectivity index is 2.59. The van der Waals surface area contributed by atoms with Crippen molar-refractivity contribution in [3.63, 3.8) is 0 Å². The molecule has 12 heavy (non-hydrogen) atoms. The smallest absolute Gasteiger partial charge is 0.293 e. The molecule has 0 atom stereocenters. The standard InChI is InChI=1S/C7H9N2O2S/c1-2-3-8-6(10)5-4-12-9-7(5)11/h4H,2-3H2,1H3,(H,8,10). The van der Waals surface area contributed by atoms with Gasteiger partial charge >= 0.3 is 0 Å². The van der Waals surface area contributed by atoms with Crippen molar-refractivity contribution in [1.29, 1.82) is 0 Å². The molecule has 0 saturated heterocycles. The minimum atomic E-state index is -0.436. The highest BCUT2D eigenvalue weighted by Gasteiger charge is 2.13. The first-order chi connectivity index (χ1) is 5.75. The second kappa shape index (κ2) is 4.06. The van der Waals surface area contributed by atoms with Crippen LogP contribution in [-0.2, 0) is 5.11 Å². The number of nitrogens with one attached hydrogen (secondary N) is 1. The number of aromatic nitrogens is 1. The van der Waals surface area contributed by atoms with Crippen LogP contribution in [0.2, 0.25) is 0 Å². The Morgan fingerprint density at radius 3 is 3.00 bits per heavy atom. The Morgan fingerprint density at radius 1 is 1.75 bits per heavy atom. The molecule has 65 valence electrons. The number of carbonyl (C=O) groups is 1. The largest absolute Gasteiger partial charge is 0.352 e. The van der Waals surface area contributed by atoms with E-state index in [1.54, 1.807) is 0 Å². The zero-order valence-electron chi connectivity index (χ0n) is 6.66. The molecule has 1 N–H and O–H groups in total. The predicted molar refractivity (Wildman–Crippen MR) is 44.9 cm³/mol. The molecule has 1 aromatic rings. The van der Waals surface area contributed by atoms with Gasteiger partial charge < -0.3 is 5.32 Å². The Bertz CT molecular complexity index is 272. The number of hydrogen-bond acceptors (Lipinski definition) is 3. The lowest BCUT2D eigenvalue weighted by Gasteiger charge is -1.98. The molecule has 0 aliphatic heterocycles. The van der Waals surface area contributed by atoms with E-state index in [1.807, 2.05) is 6.92 Å². The van der Waals surface area contributed by atoms with Gasteiger partial charge in [-0.05, 0) is 18.0 Å². The van der Waals surface area contributed by atoms with E-state index in [0.717, 1.165) is 18.0 Å². The summed E-state index contributed by atoms with van der Waals surface area (Å²) >= 11 is 1.00. The number of nitrogens with zero attached hydrogens (tertiary/aromatic N) is 1. The van der Waals surface area contributed by atoms with Gasteiger partial charge in [-0.25, -0.2) is 0 Å². The number of carbonyl (C=O) groups excluding carboxylic acids is 1. The molecule has 1 rings (SSSR count). The first-order valence-corrected chi connectivity index (χ1v) is 4.49. The predicted octanol–water partition coefficient (Wildman–Crippen LogP) is 1.43. The fourth-order valence-corrected chi connectivity index (χ4v) is 1.27. The van der Waals surface area contributed by atoms with Crippen LogP contribution in [0.1, 0.15) is 23.7 Å². The average molecular weight is 185 g/mol. The lowest BCUT2D eigenvalue weighted by Crippen LogP contribution is -2.23. The first-order valence-electron chi connectivity index (χ1n) is 3.65. The number of hydrogen-bond donors (Lipinski definition) is 1. The number of rotatable bonds is 3. The summed E-state index contributed by atoms with van der Waals surface area (Å²) < 4.78 is 3.47. The summed E-state index contributed by atoms with van der Waals surface area (Å²) in [6, 6.07) is 0. The Hall–Kier alpha value is -1.10. The monoisotopic (exact) mass is 185 g/mol. The molecule has 0 aromatic carbocycles. The Kier molecular flexibility index (Phi) is 3.04. The van der Waals surface area contributed by atoms with Crippen LogP contribution in [0.3, 0.4) is 0 Å². The van der Waals surface area contributed by atoms with Gasteiger partial charge in [-0.1, -0.05) is 6.92 Å². The topological polar surface area (TPSA) is 61.9 Å². The van der Waals surface area contributed by atoms with Crippen LogP contribution in [-0.4, -0.2) is 16.8 Å². The molecule has 0 fully saturated rings. The van der Waals surface area contributed by atoms with Crippen molar-refractivity contribution in [3.8, 4) is 5.88 Å². The Morgan fingerprint density at radius 2 is 2.50 bits per heavy atom. The third-order valence-electron chi connectivity index (χ3n) is 1.32. The molecule has 1 heterocycles. The van der Waals surface area contributed by atoms with Gasteiger partial charge in [0.2, 0.25) is 0 Å². The van der Waals surface area contributed by atoms with Gasteiger partial charge in [0.05, 0.1) is 0 Å². The van der Waals surface area contributed by atoms with Crippen molar-refractivity contribution < 1.29 is 9.90 Å². The summed E-state index contributed by atoms with van der Waals surface area (Å²) in [5.41, 5.74) is 0.147. The lowest BCUT2D eigenvalue weighted by atomic mass is 10.3. The van der Waals surface area contributed by atoms with E-state index in [-0.39, 0.29) is 11.5 Å². The van der Waals surface area contributed by atoms with Gasteiger partial charge in [0.25, 0.3) is 11.8 Å². The average Bonchev–Trinajstić information content (AvgIpc) is 2.47. The van der Waals surface area contributed by atoms with Crippen molar-refractivity contribution in [2.24, 2.45) is 0 Å². The molecule has 1 aromatic heterocycles. The van der Waals surface area contributed by atoms with Crippen LogP contribution in [0.15, 0.2) is 5.38 Å². The molecule has 0 aliphatic rings. The fraction of sp³-hybridized carbons (Fsp3) is 0.429. The molecule has 5 heteroatoms. The van der Waals surface area contributed by atoms with E-state index in [2.05, 4.69) is 9.69 Å². The van der Waals surface area contributed by atoms with Crippen molar-refractivity contribution in [2.75, 3.05) is 6.54 Å². The van der Waals surface area contributed by atoms with E-state index in [0.29, 0.717) is 6.54 Å². The fourth-order valence-electron chi connectivity index (χ4n) is 0.711. The summed E-state index contributed by atoms with van der Waals surface area (Å²) in [5.74, 6) is -0.760. The van der Waals surface area contributed by atoms with Gasteiger partial charge in [0, 0.05) is 11.9 Å². The molecule has 4 nitrogen and oxygen atoms in total. The maximum Gasteiger partial charge on any atom is 0.293 e. The molecule has 0 unspecified atom stereocenters. The van der Waals surface area contributed by atoms with E-state index in [1.165, 1.54) is 5.38 Å². The molecule has 1 amide bonds. The zero-order chi connectivity index (χ0) is 8.97. The highest BCUT2D eigenvalue weighted by atomic mass is 32.1. The molecule has 0 aliphatic carbocycles. The molecule has 0 saturated carbocycles. The summed E-state index contributed by atoms with van der Waals surface area (Å²) in [7, 11) is 0. The normalized spacial score (nSPS) is 9.75. The van der Waals surface area contributed by atoms with Crippen LogP contribution in [0, 0.1) is 0 Å². The van der Waals surface area contributed by atoms with E-state index < -0.39 is 5.88 Å². The quantitative estimate of drug-likeness (QED) is 0.774.